The molecule has 3 aromatic rings. The quantitative estimate of drug-likeness (QED) is 0.723. The van der Waals surface area contributed by atoms with Crippen LogP contribution in [0.5, 0.6) is 0 Å². The van der Waals surface area contributed by atoms with Crippen LogP contribution >= 0.6 is 0 Å². The highest BCUT2D eigenvalue weighted by Gasteiger charge is 2.14. The van der Waals surface area contributed by atoms with Crippen molar-refractivity contribution < 1.29 is 4.79 Å². The predicted molar refractivity (Wildman–Crippen MR) is 76.8 cm³/mol. The molecule has 102 valence electrons. The van der Waals surface area contributed by atoms with Crippen LogP contribution < -0.4 is 0 Å². The molecule has 0 spiro atoms. The number of nitrogens with zero attached hydrogens (tertiary/aromatic N) is 3. The molecular weight excluding hydrogens is 252 g/mol. The van der Waals surface area contributed by atoms with Crippen LogP contribution in [0.15, 0.2) is 30.5 Å². The van der Waals surface area contributed by atoms with Gasteiger partial charge in [-0.25, -0.2) is 4.68 Å². The molecule has 0 amide bonds. The summed E-state index contributed by atoms with van der Waals surface area (Å²) in [5.41, 5.74) is 3.57. The Balaban J connectivity index is 2.02. The van der Waals surface area contributed by atoms with Crippen LogP contribution in [-0.4, -0.2) is 26.3 Å². The van der Waals surface area contributed by atoms with E-state index in [0.29, 0.717) is 12.1 Å². The van der Waals surface area contributed by atoms with Gasteiger partial charge in [-0.1, -0.05) is 30.3 Å². The Bertz CT molecular complexity index is 741. The fourth-order valence-corrected chi connectivity index (χ4v) is 2.47. The summed E-state index contributed by atoms with van der Waals surface area (Å²) in [5.74, 6) is 0. The predicted octanol–water partition coefficient (Wildman–Crippen LogP) is 2.57. The molecule has 5 nitrogen and oxygen atoms in total. The molecule has 0 fully saturated rings. The average Bonchev–Trinajstić information content (AvgIpc) is 3.05. The van der Waals surface area contributed by atoms with E-state index >= 15 is 0 Å². The Morgan fingerprint density at radius 3 is 3.00 bits per heavy atom. The second-order valence-corrected chi connectivity index (χ2v) is 4.80. The van der Waals surface area contributed by atoms with Gasteiger partial charge in [0, 0.05) is 30.1 Å². The third kappa shape index (κ3) is 2.11. The Morgan fingerprint density at radius 2 is 2.20 bits per heavy atom. The van der Waals surface area contributed by atoms with Crippen molar-refractivity contribution in [3.8, 4) is 0 Å². The highest BCUT2D eigenvalue weighted by atomic mass is 16.1. The maximum Gasteiger partial charge on any atom is 0.172 e. The van der Waals surface area contributed by atoms with Crippen molar-refractivity contribution in [3.63, 3.8) is 0 Å². The van der Waals surface area contributed by atoms with E-state index in [-0.39, 0.29) is 0 Å². The molecular formula is C15H16N4O. The minimum absolute atomic E-state index is 0.434. The van der Waals surface area contributed by atoms with Crippen LogP contribution in [-0.2, 0) is 13.0 Å². The lowest BCUT2D eigenvalue weighted by molar-refractivity contribution is 0.111. The topological polar surface area (TPSA) is 63.6 Å². The van der Waals surface area contributed by atoms with Gasteiger partial charge in [-0.2, -0.15) is 0 Å². The zero-order chi connectivity index (χ0) is 13.9. The molecule has 0 aliphatic rings. The smallest absolute Gasteiger partial charge is 0.172 e. The van der Waals surface area contributed by atoms with Crippen molar-refractivity contribution in [2.75, 3.05) is 0 Å². The lowest BCUT2D eigenvalue weighted by Gasteiger charge is -2.04. The number of aromatic nitrogens is 4. The molecule has 1 N–H and O–H groups in total. The van der Waals surface area contributed by atoms with E-state index in [4.69, 9.17) is 0 Å². The van der Waals surface area contributed by atoms with Crippen LogP contribution in [0.25, 0.3) is 10.9 Å². The second-order valence-electron chi connectivity index (χ2n) is 4.80. The van der Waals surface area contributed by atoms with Crippen molar-refractivity contribution in [2.45, 2.75) is 26.3 Å². The summed E-state index contributed by atoms with van der Waals surface area (Å²) in [7, 11) is 0. The molecule has 2 heterocycles. The van der Waals surface area contributed by atoms with Crippen molar-refractivity contribution in [1.29, 1.82) is 0 Å². The molecule has 2 aromatic heterocycles. The summed E-state index contributed by atoms with van der Waals surface area (Å²) in [5, 5.41) is 9.19. The summed E-state index contributed by atoms with van der Waals surface area (Å²) in [6.45, 7) is 2.86. The van der Waals surface area contributed by atoms with E-state index < -0.39 is 0 Å². The maximum absolute atomic E-state index is 11.1. The van der Waals surface area contributed by atoms with Gasteiger partial charge in [-0.15, -0.1) is 5.10 Å². The van der Waals surface area contributed by atoms with E-state index in [1.54, 1.807) is 0 Å². The molecule has 0 bridgehead atoms. The van der Waals surface area contributed by atoms with Crippen molar-refractivity contribution in [2.24, 2.45) is 0 Å². The number of hydrogen-bond acceptors (Lipinski definition) is 3. The first-order chi connectivity index (χ1) is 9.83. The Morgan fingerprint density at radius 1 is 1.35 bits per heavy atom. The average molecular weight is 268 g/mol. The summed E-state index contributed by atoms with van der Waals surface area (Å²) in [6, 6.07) is 8.14. The fraction of sp³-hybridized carbons (Fsp3) is 0.267. The van der Waals surface area contributed by atoms with Gasteiger partial charge in [-0.05, 0) is 18.1 Å². The third-order valence-electron chi connectivity index (χ3n) is 3.45. The van der Waals surface area contributed by atoms with Crippen LogP contribution in [0.3, 0.4) is 0 Å². The van der Waals surface area contributed by atoms with Crippen LogP contribution in [0, 0.1) is 0 Å². The van der Waals surface area contributed by atoms with Gasteiger partial charge < -0.3 is 4.98 Å². The Kier molecular flexibility index (Phi) is 3.33. The second kappa shape index (κ2) is 5.28. The number of hydrogen-bond donors (Lipinski definition) is 1. The number of rotatable bonds is 5. The molecule has 1 aromatic carbocycles. The number of nitrogens with one attached hydrogen (secondary N) is 1. The van der Waals surface area contributed by atoms with E-state index in [2.05, 4.69) is 28.3 Å². The van der Waals surface area contributed by atoms with Crippen molar-refractivity contribution >= 4 is 17.2 Å². The van der Waals surface area contributed by atoms with Gasteiger partial charge >= 0.3 is 0 Å². The first kappa shape index (κ1) is 12.6. The van der Waals surface area contributed by atoms with Crippen molar-refractivity contribution in [3.05, 3.63) is 47.4 Å². The fourth-order valence-electron chi connectivity index (χ4n) is 2.47. The molecule has 0 saturated heterocycles. The molecule has 0 radical (unpaired) electrons. The third-order valence-corrected chi connectivity index (χ3v) is 3.45. The molecule has 0 aliphatic heterocycles. The molecule has 5 heteroatoms. The zero-order valence-electron chi connectivity index (χ0n) is 11.3. The van der Waals surface area contributed by atoms with Crippen LogP contribution in [0.4, 0.5) is 0 Å². The normalized spacial score (nSPS) is 11.1. The number of benzene rings is 1. The van der Waals surface area contributed by atoms with Gasteiger partial charge in [0.25, 0.3) is 0 Å². The number of carbonyl (C=O) groups is 1. The van der Waals surface area contributed by atoms with Crippen molar-refractivity contribution in [1.82, 2.24) is 20.0 Å². The highest BCUT2D eigenvalue weighted by molar-refractivity contribution is 5.83. The summed E-state index contributed by atoms with van der Waals surface area (Å²) >= 11 is 0. The van der Waals surface area contributed by atoms with Gasteiger partial charge in [-0.3, -0.25) is 4.79 Å². The van der Waals surface area contributed by atoms with Gasteiger partial charge in [0.05, 0.1) is 5.69 Å². The number of carbonyl (C=O) groups excluding carboxylic acids is 1. The summed E-state index contributed by atoms with van der Waals surface area (Å²) in [4.78, 5) is 14.4. The van der Waals surface area contributed by atoms with E-state index in [9.17, 15) is 4.79 Å². The minimum atomic E-state index is 0.434. The van der Waals surface area contributed by atoms with Gasteiger partial charge in [0.15, 0.2) is 6.29 Å². The summed E-state index contributed by atoms with van der Waals surface area (Å²) in [6.07, 6.45) is 4.39. The first-order valence-electron chi connectivity index (χ1n) is 6.76. The molecule has 20 heavy (non-hydrogen) atoms. The number of aryl methyl sites for hydroxylation is 1. The van der Waals surface area contributed by atoms with E-state index in [1.165, 1.54) is 5.39 Å². The molecule has 0 aliphatic carbocycles. The Labute approximate surface area is 116 Å². The monoisotopic (exact) mass is 268 g/mol. The Hall–Kier alpha value is -2.43. The molecule has 0 atom stereocenters. The van der Waals surface area contributed by atoms with Gasteiger partial charge in [0.1, 0.15) is 5.69 Å². The standard InChI is InChI=1S/C15H16N4O/c1-2-7-19-15(14(10-20)17-18-19)8-11-9-16-13-6-4-3-5-12(11)13/h3-6,9-10,16H,2,7-8H2,1H3. The number of aromatic amines is 1. The molecule has 0 unspecified atom stereocenters. The van der Waals surface area contributed by atoms with E-state index in [0.717, 1.165) is 36.0 Å². The van der Waals surface area contributed by atoms with E-state index in [1.807, 2.05) is 29.1 Å². The number of para-hydroxylation sites is 1. The lowest BCUT2D eigenvalue weighted by Crippen LogP contribution is -2.06. The number of aldehydes is 1. The SMILES string of the molecule is CCCn1nnc(C=O)c1Cc1c[nH]c2ccccc12. The maximum atomic E-state index is 11.1. The largest absolute Gasteiger partial charge is 0.361 e. The van der Waals surface area contributed by atoms with Gasteiger partial charge in [0.2, 0.25) is 0 Å². The highest BCUT2D eigenvalue weighted by Crippen LogP contribution is 2.21. The molecule has 3 rings (SSSR count). The van der Waals surface area contributed by atoms with Crippen LogP contribution in [0.2, 0.25) is 0 Å². The minimum Gasteiger partial charge on any atom is -0.361 e. The summed E-state index contributed by atoms with van der Waals surface area (Å²) < 4.78 is 1.82. The number of H-pyrrole nitrogens is 1. The molecule has 0 saturated carbocycles. The number of fused-ring (bicyclic) bond motifs is 1. The lowest BCUT2D eigenvalue weighted by atomic mass is 10.1. The first-order valence-corrected chi connectivity index (χ1v) is 6.76. The zero-order valence-corrected chi connectivity index (χ0v) is 11.3. The van der Waals surface area contributed by atoms with Crippen LogP contribution in [0.1, 0.15) is 35.1 Å².